The normalized spacial score (nSPS) is 13.2. The maximum absolute atomic E-state index is 13.0. The average molecular weight is 314 g/mol. The Labute approximate surface area is 135 Å². The summed E-state index contributed by atoms with van der Waals surface area (Å²) in [6.45, 7) is 3.26. The van der Waals surface area contributed by atoms with Gasteiger partial charge in [0.2, 0.25) is 0 Å². The van der Waals surface area contributed by atoms with Gasteiger partial charge in [0.05, 0.1) is 0 Å². The van der Waals surface area contributed by atoms with Crippen molar-refractivity contribution in [1.82, 2.24) is 0 Å². The standard InChI is InChI=1S/C19H19FO3/c1-13(16-8-10-17(20)11-9-16)18(14(2)21)19(22)23-12-15-6-4-3-5-7-15/h3-11,13,18H,12H2,1-2H3. The molecular formula is C19H19FO3. The molecule has 0 aliphatic carbocycles. The lowest BCUT2D eigenvalue weighted by Crippen LogP contribution is -2.29. The van der Waals surface area contributed by atoms with Gasteiger partial charge in [0.15, 0.2) is 0 Å². The molecule has 0 saturated heterocycles. The quantitative estimate of drug-likeness (QED) is 0.600. The Bertz CT molecular complexity index is 665. The molecule has 0 spiro atoms. The number of carbonyl (C=O) groups excluding carboxylic acids is 2. The number of carbonyl (C=O) groups is 2. The average Bonchev–Trinajstić information content (AvgIpc) is 2.54. The van der Waals surface area contributed by atoms with Crippen LogP contribution in [0.1, 0.15) is 30.9 Å². The van der Waals surface area contributed by atoms with Gasteiger partial charge < -0.3 is 4.74 Å². The van der Waals surface area contributed by atoms with Crippen LogP contribution in [-0.4, -0.2) is 11.8 Å². The van der Waals surface area contributed by atoms with Crippen LogP contribution in [0.3, 0.4) is 0 Å². The summed E-state index contributed by atoms with van der Waals surface area (Å²) in [5, 5.41) is 0. The minimum atomic E-state index is -0.899. The predicted molar refractivity (Wildman–Crippen MR) is 85.2 cm³/mol. The van der Waals surface area contributed by atoms with Crippen LogP contribution in [0.5, 0.6) is 0 Å². The van der Waals surface area contributed by atoms with E-state index in [9.17, 15) is 14.0 Å². The van der Waals surface area contributed by atoms with Crippen molar-refractivity contribution in [2.75, 3.05) is 0 Å². The summed E-state index contributed by atoms with van der Waals surface area (Å²) < 4.78 is 18.3. The molecule has 0 fully saturated rings. The fourth-order valence-electron chi connectivity index (χ4n) is 2.50. The molecule has 0 N–H and O–H groups in total. The molecule has 0 aliphatic heterocycles. The van der Waals surface area contributed by atoms with Crippen LogP contribution in [0.25, 0.3) is 0 Å². The summed E-state index contributed by atoms with van der Waals surface area (Å²) in [4.78, 5) is 24.2. The van der Waals surface area contributed by atoms with E-state index in [0.717, 1.165) is 11.1 Å². The Morgan fingerprint density at radius 3 is 2.22 bits per heavy atom. The van der Waals surface area contributed by atoms with Crippen molar-refractivity contribution in [3.8, 4) is 0 Å². The number of halogens is 1. The highest BCUT2D eigenvalue weighted by atomic mass is 19.1. The molecule has 120 valence electrons. The van der Waals surface area contributed by atoms with Crippen LogP contribution < -0.4 is 0 Å². The molecule has 0 aliphatic rings. The maximum atomic E-state index is 13.0. The van der Waals surface area contributed by atoms with Crippen LogP contribution in [0.2, 0.25) is 0 Å². The lowest BCUT2D eigenvalue weighted by molar-refractivity contribution is -0.153. The highest BCUT2D eigenvalue weighted by Gasteiger charge is 2.32. The first-order valence-electron chi connectivity index (χ1n) is 7.45. The van der Waals surface area contributed by atoms with Crippen molar-refractivity contribution in [1.29, 1.82) is 0 Å². The van der Waals surface area contributed by atoms with Gasteiger partial charge in [-0.25, -0.2) is 4.39 Å². The number of esters is 1. The summed E-state index contributed by atoms with van der Waals surface area (Å²) in [5.74, 6) is -2.45. The molecule has 2 unspecified atom stereocenters. The van der Waals surface area contributed by atoms with Gasteiger partial charge in [-0.3, -0.25) is 9.59 Å². The minimum Gasteiger partial charge on any atom is -0.460 e. The number of hydrogen-bond acceptors (Lipinski definition) is 3. The van der Waals surface area contributed by atoms with Crippen LogP contribution in [0, 0.1) is 11.7 Å². The lowest BCUT2D eigenvalue weighted by Gasteiger charge is -2.20. The number of rotatable bonds is 6. The lowest BCUT2D eigenvalue weighted by atomic mass is 9.85. The smallest absolute Gasteiger partial charge is 0.317 e. The van der Waals surface area contributed by atoms with Gasteiger partial charge in [0.1, 0.15) is 24.1 Å². The zero-order valence-corrected chi connectivity index (χ0v) is 13.2. The van der Waals surface area contributed by atoms with Crippen LogP contribution in [-0.2, 0) is 20.9 Å². The monoisotopic (exact) mass is 314 g/mol. The Kier molecular flexibility index (Phi) is 5.63. The van der Waals surface area contributed by atoms with Gasteiger partial charge in [-0.05, 0) is 30.2 Å². The second kappa shape index (κ2) is 7.68. The predicted octanol–water partition coefficient (Wildman–Crippen LogP) is 3.88. The van der Waals surface area contributed by atoms with Gasteiger partial charge in [0, 0.05) is 5.92 Å². The molecule has 0 aromatic heterocycles. The zero-order valence-electron chi connectivity index (χ0n) is 13.2. The van der Waals surface area contributed by atoms with Gasteiger partial charge >= 0.3 is 5.97 Å². The van der Waals surface area contributed by atoms with Crippen molar-refractivity contribution in [2.45, 2.75) is 26.4 Å². The van der Waals surface area contributed by atoms with E-state index in [1.807, 2.05) is 30.3 Å². The Morgan fingerprint density at radius 1 is 1.04 bits per heavy atom. The second-order valence-corrected chi connectivity index (χ2v) is 5.52. The van der Waals surface area contributed by atoms with E-state index < -0.39 is 11.9 Å². The molecule has 2 aromatic rings. The number of Topliss-reactive ketones (excluding diaryl/α,β-unsaturated/α-hetero) is 1. The van der Waals surface area contributed by atoms with Crippen molar-refractivity contribution in [3.63, 3.8) is 0 Å². The van der Waals surface area contributed by atoms with E-state index in [4.69, 9.17) is 4.74 Å². The molecule has 4 heteroatoms. The van der Waals surface area contributed by atoms with Gasteiger partial charge in [-0.2, -0.15) is 0 Å². The third-order valence-corrected chi connectivity index (χ3v) is 3.81. The molecule has 0 amide bonds. The topological polar surface area (TPSA) is 43.4 Å². The van der Waals surface area contributed by atoms with Gasteiger partial charge in [0.25, 0.3) is 0 Å². The van der Waals surface area contributed by atoms with E-state index in [-0.39, 0.29) is 24.1 Å². The largest absolute Gasteiger partial charge is 0.460 e. The number of benzene rings is 2. The van der Waals surface area contributed by atoms with Crippen molar-refractivity contribution in [2.24, 2.45) is 5.92 Å². The fourth-order valence-corrected chi connectivity index (χ4v) is 2.50. The Balaban J connectivity index is 2.09. The molecule has 0 radical (unpaired) electrons. The first-order chi connectivity index (χ1) is 11.0. The third-order valence-electron chi connectivity index (χ3n) is 3.81. The first-order valence-corrected chi connectivity index (χ1v) is 7.45. The zero-order chi connectivity index (χ0) is 16.8. The van der Waals surface area contributed by atoms with E-state index in [1.165, 1.54) is 19.1 Å². The number of ketones is 1. The van der Waals surface area contributed by atoms with E-state index in [0.29, 0.717) is 0 Å². The van der Waals surface area contributed by atoms with Gasteiger partial charge in [-0.1, -0.05) is 49.4 Å². The molecule has 2 aromatic carbocycles. The summed E-state index contributed by atoms with van der Waals surface area (Å²) in [6, 6.07) is 15.1. The second-order valence-electron chi connectivity index (χ2n) is 5.52. The molecule has 0 saturated carbocycles. The van der Waals surface area contributed by atoms with Gasteiger partial charge in [-0.15, -0.1) is 0 Å². The van der Waals surface area contributed by atoms with Crippen LogP contribution in [0.4, 0.5) is 4.39 Å². The molecule has 0 bridgehead atoms. The Hall–Kier alpha value is -2.49. The SMILES string of the molecule is CC(=O)C(C(=O)OCc1ccccc1)C(C)c1ccc(F)cc1. The molecule has 2 atom stereocenters. The third kappa shape index (κ3) is 4.49. The van der Waals surface area contributed by atoms with Crippen LogP contribution >= 0.6 is 0 Å². The fraction of sp³-hybridized carbons (Fsp3) is 0.263. The summed E-state index contributed by atoms with van der Waals surface area (Å²) >= 11 is 0. The number of hydrogen-bond donors (Lipinski definition) is 0. The van der Waals surface area contributed by atoms with Crippen molar-refractivity contribution >= 4 is 11.8 Å². The molecule has 0 heterocycles. The van der Waals surface area contributed by atoms with Crippen molar-refractivity contribution < 1.29 is 18.7 Å². The van der Waals surface area contributed by atoms with Crippen molar-refractivity contribution in [3.05, 3.63) is 71.5 Å². The summed E-state index contributed by atoms with van der Waals surface area (Å²) in [7, 11) is 0. The highest BCUT2D eigenvalue weighted by Crippen LogP contribution is 2.27. The van der Waals surface area contributed by atoms with E-state index in [2.05, 4.69) is 0 Å². The maximum Gasteiger partial charge on any atom is 0.317 e. The first kappa shape index (κ1) is 16.9. The van der Waals surface area contributed by atoms with Crippen LogP contribution in [0.15, 0.2) is 54.6 Å². The summed E-state index contributed by atoms with van der Waals surface area (Å²) in [6.07, 6.45) is 0. The molecule has 23 heavy (non-hydrogen) atoms. The summed E-state index contributed by atoms with van der Waals surface area (Å²) in [5.41, 5.74) is 1.58. The van der Waals surface area contributed by atoms with E-state index in [1.54, 1.807) is 19.1 Å². The minimum absolute atomic E-state index is 0.125. The Morgan fingerprint density at radius 2 is 1.65 bits per heavy atom. The number of ether oxygens (including phenoxy) is 1. The molecule has 2 rings (SSSR count). The molecule has 3 nitrogen and oxygen atoms in total. The molecular weight excluding hydrogens is 295 g/mol. The highest BCUT2D eigenvalue weighted by molar-refractivity contribution is 5.98. The van der Waals surface area contributed by atoms with E-state index >= 15 is 0 Å².